The fraction of sp³-hybridized carbons (Fsp3) is 0.625. The third-order valence-electron chi connectivity index (χ3n) is 1.73. The molecule has 0 bridgehead atoms. The van der Waals surface area contributed by atoms with Crippen LogP contribution in [0.4, 0.5) is 4.79 Å². The van der Waals surface area contributed by atoms with Crippen molar-refractivity contribution in [2.45, 2.75) is 19.1 Å². The summed E-state index contributed by atoms with van der Waals surface area (Å²) in [5.41, 5.74) is 0. The second-order valence-corrected chi connectivity index (χ2v) is 3.04. The molecule has 0 aliphatic heterocycles. The van der Waals surface area contributed by atoms with Crippen molar-refractivity contribution in [3.05, 3.63) is 0 Å². The number of carbonyl (C=O) groups is 3. The number of aliphatic hydroxyl groups is 1. The number of amides is 3. The predicted molar refractivity (Wildman–Crippen MR) is 53.7 cm³/mol. The molecule has 0 aliphatic rings. The van der Waals surface area contributed by atoms with Crippen LogP contribution in [0, 0.1) is 0 Å². The molecule has 0 radical (unpaired) electrons. The van der Waals surface area contributed by atoms with Gasteiger partial charge in [0.15, 0.2) is 6.10 Å². The quantitative estimate of drug-likeness (QED) is 0.370. The molecule has 2 atom stereocenters. The number of likely N-dealkylation sites (N-methyl/N-ethyl adjacent to an activating group) is 1. The van der Waals surface area contributed by atoms with Crippen LogP contribution in [-0.2, 0) is 9.59 Å². The van der Waals surface area contributed by atoms with Gasteiger partial charge in [0.05, 0.1) is 6.54 Å². The number of hydrogen-bond acceptors (Lipinski definition) is 4. The molecular formula is C8H15N3O5. The molecule has 2 unspecified atom stereocenters. The summed E-state index contributed by atoms with van der Waals surface area (Å²) in [5, 5.41) is 23.9. The lowest BCUT2D eigenvalue weighted by atomic mass is 10.3. The monoisotopic (exact) mass is 233 g/mol. The molecule has 0 aromatic heterocycles. The van der Waals surface area contributed by atoms with Gasteiger partial charge in [-0.1, -0.05) is 0 Å². The van der Waals surface area contributed by atoms with E-state index in [4.69, 9.17) is 10.2 Å². The zero-order valence-electron chi connectivity index (χ0n) is 8.98. The zero-order valence-corrected chi connectivity index (χ0v) is 8.98. The average molecular weight is 233 g/mol. The van der Waals surface area contributed by atoms with Crippen LogP contribution in [0.1, 0.15) is 6.92 Å². The second kappa shape index (κ2) is 6.62. The normalized spacial score (nSPS) is 13.4. The fourth-order valence-corrected chi connectivity index (χ4v) is 0.806. The Labute approximate surface area is 92.0 Å². The van der Waals surface area contributed by atoms with Crippen molar-refractivity contribution < 1.29 is 24.6 Å². The first-order valence-corrected chi connectivity index (χ1v) is 4.55. The zero-order chi connectivity index (χ0) is 12.7. The van der Waals surface area contributed by atoms with Gasteiger partial charge in [0.1, 0.15) is 6.04 Å². The Balaban J connectivity index is 3.91. The van der Waals surface area contributed by atoms with E-state index in [1.165, 1.54) is 14.0 Å². The third kappa shape index (κ3) is 5.15. The number of nitrogens with one attached hydrogen (secondary N) is 3. The van der Waals surface area contributed by atoms with Gasteiger partial charge in [-0.25, -0.2) is 9.59 Å². The van der Waals surface area contributed by atoms with Gasteiger partial charge in [0.2, 0.25) is 5.91 Å². The number of urea groups is 1. The van der Waals surface area contributed by atoms with E-state index in [2.05, 4.69) is 16.0 Å². The molecule has 0 spiro atoms. The molecule has 0 aromatic rings. The standard InChI is InChI=1S/C8H15N3O5/c1-4(6(13)9-2)11-8(16)10-3-5(12)7(14)15/h4-5,12H,3H2,1-2H3,(H,9,13)(H,14,15)(H2,10,11,16). The van der Waals surface area contributed by atoms with E-state index < -0.39 is 30.7 Å². The smallest absolute Gasteiger partial charge is 0.334 e. The van der Waals surface area contributed by atoms with Gasteiger partial charge >= 0.3 is 12.0 Å². The molecule has 16 heavy (non-hydrogen) atoms. The van der Waals surface area contributed by atoms with Crippen LogP contribution in [0.2, 0.25) is 0 Å². The highest BCUT2D eigenvalue weighted by molar-refractivity contribution is 5.86. The average Bonchev–Trinajstić information content (AvgIpc) is 2.24. The molecule has 0 saturated carbocycles. The van der Waals surface area contributed by atoms with Gasteiger partial charge in [0.25, 0.3) is 0 Å². The summed E-state index contributed by atoms with van der Waals surface area (Å²) in [7, 11) is 1.42. The van der Waals surface area contributed by atoms with Crippen molar-refractivity contribution in [2.75, 3.05) is 13.6 Å². The fourth-order valence-electron chi connectivity index (χ4n) is 0.806. The SMILES string of the molecule is CNC(=O)C(C)NC(=O)NCC(O)C(=O)O. The summed E-state index contributed by atoms with van der Waals surface area (Å²) in [6, 6.07) is -1.47. The molecule has 8 nitrogen and oxygen atoms in total. The molecule has 92 valence electrons. The Kier molecular flexibility index (Phi) is 5.86. The first-order chi connectivity index (χ1) is 7.38. The number of hydrogen-bond donors (Lipinski definition) is 5. The van der Waals surface area contributed by atoms with Crippen LogP contribution in [0.3, 0.4) is 0 Å². The van der Waals surface area contributed by atoms with Crippen molar-refractivity contribution in [1.29, 1.82) is 0 Å². The van der Waals surface area contributed by atoms with Gasteiger partial charge in [-0.3, -0.25) is 4.79 Å². The molecule has 0 fully saturated rings. The predicted octanol–water partition coefficient (Wildman–Crippen LogP) is -2.13. The van der Waals surface area contributed by atoms with Crippen LogP contribution >= 0.6 is 0 Å². The molecular weight excluding hydrogens is 218 g/mol. The summed E-state index contributed by atoms with van der Waals surface area (Å²) >= 11 is 0. The number of aliphatic hydroxyl groups excluding tert-OH is 1. The minimum absolute atomic E-state index is 0.381. The maximum absolute atomic E-state index is 11.1. The van der Waals surface area contributed by atoms with Crippen LogP contribution in [-0.4, -0.2) is 53.9 Å². The Morgan fingerprint density at radius 3 is 2.31 bits per heavy atom. The first kappa shape index (κ1) is 14.2. The number of carboxylic acids is 1. The van der Waals surface area contributed by atoms with E-state index in [1.54, 1.807) is 0 Å². The van der Waals surface area contributed by atoms with Crippen molar-refractivity contribution in [1.82, 2.24) is 16.0 Å². The van der Waals surface area contributed by atoms with Crippen LogP contribution in [0.5, 0.6) is 0 Å². The number of carboxylic acid groups (broad SMARTS) is 1. The molecule has 0 rings (SSSR count). The second-order valence-electron chi connectivity index (χ2n) is 3.04. The maximum atomic E-state index is 11.1. The number of rotatable bonds is 5. The van der Waals surface area contributed by atoms with Crippen molar-refractivity contribution in [3.63, 3.8) is 0 Å². The lowest BCUT2D eigenvalue weighted by Gasteiger charge is -2.13. The van der Waals surface area contributed by atoms with Gasteiger partial charge in [-0.2, -0.15) is 0 Å². The summed E-state index contributed by atoms with van der Waals surface area (Å²) in [4.78, 5) is 32.3. The van der Waals surface area contributed by atoms with Crippen molar-refractivity contribution in [2.24, 2.45) is 0 Å². The molecule has 0 heterocycles. The van der Waals surface area contributed by atoms with E-state index >= 15 is 0 Å². The lowest BCUT2D eigenvalue weighted by molar-refractivity contribution is -0.146. The Morgan fingerprint density at radius 2 is 1.88 bits per heavy atom. The molecule has 3 amide bonds. The molecule has 0 aliphatic carbocycles. The first-order valence-electron chi connectivity index (χ1n) is 4.55. The molecule has 8 heteroatoms. The minimum Gasteiger partial charge on any atom is -0.479 e. The lowest BCUT2D eigenvalue weighted by Crippen LogP contribution is -2.49. The Hall–Kier alpha value is -1.83. The largest absolute Gasteiger partial charge is 0.479 e. The maximum Gasteiger partial charge on any atom is 0.334 e. The Morgan fingerprint density at radius 1 is 1.31 bits per heavy atom. The topological polar surface area (TPSA) is 128 Å². The highest BCUT2D eigenvalue weighted by Gasteiger charge is 2.16. The summed E-state index contributed by atoms with van der Waals surface area (Å²) < 4.78 is 0. The van der Waals surface area contributed by atoms with Crippen molar-refractivity contribution >= 4 is 17.9 Å². The van der Waals surface area contributed by atoms with E-state index in [9.17, 15) is 14.4 Å². The van der Waals surface area contributed by atoms with Gasteiger partial charge in [0, 0.05) is 7.05 Å². The number of carbonyl (C=O) groups excluding carboxylic acids is 2. The highest BCUT2D eigenvalue weighted by Crippen LogP contribution is 1.83. The Bertz CT molecular complexity index is 281. The van der Waals surface area contributed by atoms with Crippen LogP contribution in [0.15, 0.2) is 0 Å². The van der Waals surface area contributed by atoms with Crippen LogP contribution in [0.25, 0.3) is 0 Å². The summed E-state index contributed by atoms with van der Waals surface area (Å²) in [6.07, 6.45) is -1.67. The summed E-state index contributed by atoms with van der Waals surface area (Å²) in [5.74, 6) is -1.81. The van der Waals surface area contributed by atoms with E-state index in [0.29, 0.717) is 0 Å². The number of aliphatic carboxylic acids is 1. The van der Waals surface area contributed by atoms with E-state index in [-0.39, 0.29) is 5.91 Å². The molecule has 0 aromatic carbocycles. The molecule has 5 N–H and O–H groups in total. The van der Waals surface area contributed by atoms with E-state index in [0.717, 1.165) is 0 Å². The van der Waals surface area contributed by atoms with Crippen molar-refractivity contribution in [3.8, 4) is 0 Å². The van der Waals surface area contributed by atoms with E-state index in [1.807, 2.05) is 0 Å². The highest BCUT2D eigenvalue weighted by atomic mass is 16.4. The third-order valence-corrected chi connectivity index (χ3v) is 1.73. The van der Waals surface area contributed by atoms with Crippen LogP contribution < -0.4 is 16.0 Å². The van der Waals surface area contributed by atoms with Gasteiger partial charge in [-0.05, 0) is 6.92 Å². The van der Waals surface area contributed by atoms with Gasteiger partial charge < -0.3 is 26.2 Å². The van der Waals surface area contributed by atoms with Gasteiger partial charge in [-0.15, -0.1) is 0 Å². The molecule has 0 saturated heterocycles. The minimum atomic E-state index is -1.67. The summed E-state index contributed by atoms with van der Waals surface area (Å²) in [6.45, 7) is 1.04.